The molecule has 0 saturated carbocycles. The highest BCUT2D eigenvalue weighted by Gasteiger charge is 2.33. The molecule has 3 aromatic rings. The lowest BCUT2D eigenvalue weighted by molar-refractivity contribution is -0.126. The van der Waals surface area contributed by atoms with Crippen LogP contribution in [0.25, 0.3) is 5.57 Å². The number of allylic oxidation sites excluding steroid dienone is 1. The van der Waals surface area contributed by atoms with Crippen molar-refractivity contribution in [1.29, 1.82) is 0 Å². The van der Waals surface area contributed by atoms with Crippen LogP contribution in [-0.2, 0) is 16.1 Å². The van der Waals surface area contributed by atoms with E-state index in [2.05, 4.69) is 10.4 Å². The van der Waals surface area contributed by atoms with Crippen molar-refractivity contribution >= 4 is 34.8 Å². The van der Waals surface area contributed by atoms with Gasteiger partial charge in [-0.25, -0.2) is 8.78 Å². The maximum atomic E-state index is 14.7. The van der Waals surface area contributed by atoms with Gasteiger partial charge in [-0.1, -0.05) is 29.8 Å². The topological polar surface area (TPSA) is 117 Å². The number of anilines is 1. The number of hydrogen-bond acceptors (Lipinski definition) is 6. The van der Waals surface area contributed by atoms with Gasteiger partial charge >= 0.3 is 0 Å². The number of nitrogens with zero attached hydrogens (tertiary/aromatic N) is 3. The van der Waals surface area contributed by atoms with Gasteiger partial charge in [0.15, 0.2) is 5.82 Å². The van der Waals surface area contributed by atoms with Gasteiger partial charge in [-0.15, -0.1) is 0 Å². The fraction of sp³-hybridized carbons (Fsp3) is 0.192. The zero-order valence-electron chi connectivity index (χ0n) is 20.1. The van der Waals surface area contributed by atoms with Gasteiger partial charge < -0.3 is 20.3 Å². The van der Waals surface area contributed by atoms with Gasteiger partial charge in [-0.2, -0.15) is 5.10 Å². The second-order valence-corrected chi connectivity index (χ2v) is 8.76. The number of aromatic nitrogens is 2. The largest absolute Gasteiger partial charge is 0.458 e. The molecule has 0 spiro atoms. The van der Waals surface area contributed by atoms with Crippen LogP contribution in [0.1, 0.15) is 12.5 Å². The van der Waals surface area contributed by atoms with E-state index >= 15 is 0 Å². The second kappa shape index (κ2) is 11.5. The molecule has 198 valence electrons. The number of benzene rings is 2. The number of nitrogens with one attached hydrogen (secondary N) is 1. The van der Waals surface area contributed by atoms with Gasteiger partial charge in [0.1, 0.15) is 28.8 Å². The number of rotatable bonds is 9. The van der Waals surface area contributed by atoms with Crippen LogP contribution in [0.4, 0.5) is 14.6 Å². The summed E-state index contributed by atoms with van der Waals surface area (Å²) in [7, 11) is 0. The van der Waals surface area contributed by atoms with Crippen LogP contribution >= 0.6 is 11.6 Å². The Morgan fingerprint density at radius 3 is 2.58 bits per heavy atom. The Morgan fingerprint density at radius 2 is 1.89 bits per heavy atom. The van der Waals surface area contributed by atoms with Gasteiger partial charge in [-0.05, 0) is 36.8 Å². The third-order valence-corrected chi connectivity index (χ3v) is 5.92. The highest BCUT2D eigenvalue weighted by molar-refractivity contribution is 6.32. The summed E-state index contributed by atoms with van der Waals surface area (Å²) in [5.41, 5.74) is -0.922. The van der Waals surface area contributed by atoms with Crippen molar-refractivity contribution in [1.82, 2.24) is 14.7 Å². The lowest BCUT2D eigenvalue weighted by Crippen LogP contribution is -2.34. The number of ether oxygens (including phenoxy) is 1. The molecule has 2 amide bonds. The minimum atomic E-state index is -1.06. The highest BCUT2D eigenvalue weighted by atomic mass is 35.5. The summed E-state index contributed by atoms with van der Waals surface area (Å²) in [6, 6.07) is 11.3. The lowest BCUT2D eigenvalue weighted by Gasteiger charge is -2.22. The molecule has 2 heterocycles. The zero-order chi connectivity index (χ0) is 27.4. The van der Waals surface area contributed by atoms with Crippen LogP contribution in [0.2, 0.25) is 5.02 Å². The quantitative estimate of drug-likeness (QED) is 0.356. The van der Waals surface area contributed by atoms with Crippen molar-refractivity contribution < 1.29 is 33.3 Å². The molecule has 1 aliphatic heterocycles. The molecule has 0 aliphatic carbocycles. The molecule has 0 saturated heterocycles. The summed E-state index contributed by atoms with van der Waals surface area (Å²) in [5, 5.41) is 25.6. The average molecular weight is 545 g/mol. The zero-order valence-corrected chi connectivity index (χ0v) is 20.8. The Labute approximate surface area is 221 Å². The summed E-state index contributed by atoms with van der Waals surface area (Å²) >= 11 is 6.14. The molecule has 0 unspecified atom stereocenters. The summed E-state index contributed by atoms with van der Waals surface area (Å²) in [5.74, 6) is -2.84. The van der Waals surface area contributed by atoms with Crippen molar-refractivity contribution in [2.75, 3.05) is 18.5 Å². The molecule has 2 aromatic carbocycles. The van der Waals surface area contributed by atoms with Crippen LogP contribution in [0.3, 0.4) is 0 Å². The van der Waals surface area contributed by atoms with Gasteiger partial charge in [0.05, 0.1) is 36.4 Å². The molecule has 0 fully saturated rings. The molecule has 1 atom stereocenters. The number of halogens is 3. The van der Waals surface area contributed by atoms with Gasteiger partial charge in [0.2, 0.25) is 0 Å². The van der Waals surface area contributed by atoms with Gasteiger partial charge in [0.25, 0.3) is 11.8 Å². The second-order valence-electron chi connectivity index (χ2n) is 8.35. The normalized spacial score (nSPS) is 14.7. The smallest absolute Gasteiger partial charge is 0.273 e. The highest BCUT2D eigenvalue weighted by Crippen LogP contribution is 2.31. The number of amides is 2. The van der Waals surface area contributed by atoms with Gasteiger partial charge in [-0.3, -0.25) is 19.2 Å². The molecule has 0 bridgehead atoms. The Balaban J connectivity index is 1.67. The van der Waals surface area contributed by atoms with Crippen LogP contribution in [0.15, 0.2) is 72.3 Å². The van der Waals surface area contributed by atoms with Crippen LogP contribution < -0.4 is 10.1 Å². The summed E-state index contributed by atoms with van der Waals surface area (Å²) in [6.07, 6.45) is 1.55. The van der Waals surface area contributed by atoms with Crippen molar-refractivity contribution in [2.24, 2.45) is 0 Å². The Morgan fingerprint density at radius 1 is 1.18 bits per heavy atom. The average Bonchev–Trinajstić information content (AvgIpc) is 3.46. The van der Waals surface area contributed by atoms with E-state index in [0.29, 0.717) is 5.02 Å². The van der Waals surface area contributed by atoms with Crippen LogP contribution in [0, 0.1) is 11.6 Å². The first-order valence-corrected chi connectivity index (χ1v) is 11.8. The fourth-order valence-electron chi connectivity index (χ4n) is 3.86. The molecule has 38 heavy (non-hydrogen) atoms. The fourth-order valence-corrected chi connectivity index (χ4v) is 4.04. The molecule has 9 nitrogen and oxygen atoms in total. The third-order valence-electron chi connectivity index (χ3n) is 5.61. The van der Waals surface area contributed by atoms with E-state index in [1.54, 1.807) is 24.3 Å². The Kier molecular flexibility index (Phi) is 8.20. The maximum absolute atomic E-state index is 14.7. The minimum Gasteiger partial charge on any atom is -0.458 e. The van der Waals surface area contributed by atoms with E-state index in [9.17, 15) is 23.5 Å². The van der Waals surface area contributed by atoms with Crippen LogP contribution in [0.5, 0.6) is 5.75 Å². The third kappa shape index (κ3) is 5.91. The lowest BCUT2D eigenvalue weighted by atomic mass is 10.0. The molecule has 4 rings (SSSR count). The van der Waals surface area contributed by atoms with E-state index < -0.39 is 41.7 Å². The maximum Gasteiger partial charge on any atom is 0.273 e. The number of carbonyl (C=O) groups excluding carboxylic acids is 2. The first-order valence-electron chi connectivity index (χ1n) is 11.4. The molecular formula is C26H23ClF2N4O5. The van der Waals surface area contributed by atoms with Crippen molar-refractivity contribution in [3.63, 3.8) is 0 Å². The molecule has 1 aromatic heterocycles. The predicted octanol–water partition coefficient (Wildman–Crippen LogP) is 3.34. The van der Waals surface area contributed by atoms with Crippen molar-refractivity contribution in [3.8, 4) is 5.75 Å². The Bertz CT molecular complexity index is 1420. The summed E-state index contributed by atoms with van der Waals surface area (Å²) in [6.45, 7) is 0.598. The van der Waals surface area contributed by atoms with E-state index in [0.717, 1.165) is 23.1 Å². The van der Waals surface area contributed by atoms with E-state index in [1.807, 2.05) is 0 Å². The minimum absolute atomic E-state index is 0.0359. The van der Waals surface area contributed by atoms with Crippen molar-refractivity contribution in [3.05, 3.63) is 94.5 Å². The van der Waals surface area contributed by atoms with E-state index in [4.69, 9.17) is 21.4 Å². The monoisotopic (exact) mass is 544 g/mol. The molecule has 0 radical (unpaired) electrons. The number of para-hydroxylation sites is 1. The van der Waals surface area contributed by atoms with Crippen LogP contribution in [-0.4, -0.2) is 56.0 Å². The SMILES string of the molecule is C/C(=C(/C(=O)Nc1ccn(C[C@@H](O)CO)n1)N1CC(Oc2ccccc2Cl)=CC1=O)c1c(F)cccc1F. The molecule has 12 heteroatoms. The first kappa shape index (κ1) is 27.0. The number of hydrogen-bond donors (Lipinski definition) is 3. The summed E-state index contributed by atoms with van der Waals surface area (Å²) in [4.78, 5) is 27.5. The number of aliphatic hydroxyl groups is 2. The predicted molar refractivity (Wildman–Crippen MR) is 135 cm³/mol. The first-order chi connectivity index (χ1) is 18.2. The van der Waals surface area contributed by atoms with Gasteiger partial charge in [0, 0.05) is 18.3 Å². The molecule has 1 aliphatic rings. The van der Waals surface area contributed by atoms with E-state index in [1.165, 1.54) is 29.9 Å². The number of aliphatic hydroxyl groups excluding tert-OH is 2. The Hall–Kier alpha value is -4.06. The molecular weight excluding hydrogens is 522 g/mol. The number of carbonyl (C=O) groups is 2. The summed E-state index contributed by atoms with van der Waals surface area (Å²) < 4.78 is 36.4. The standard InChI is InChI=1S/C26H23ClF2N4O5/c1-15(24-19(28)6-4-7-20(24)29)25(26(37)30-22-9-10-32(31-22)12-16(35)14-34)33-13-17(11-23(33)36)38-21-8-3-2-5-18(21)27/h2-11,16,34-35H,12-14H2,1H3,(H,30,31,37)/b25-15+/t16-/m1/s1. The van der Waals surface area contributed by atoms with E-state index in [-0.39, 0.29) is 41.7 Å². The van der Waals surface area contributed by atoms with Crippen molar-refractivity contribution in [2.45, 2.75) is 19.6 Å². The molecule has 3 N–H and O–H groups in total.